The number of piperidine rings is 1. The summed E-state index contributed by atoms with van der Waals surface area (Å²) in [6, 6.07) is 8.19. The van der Waals surface area contributed by atoms with Crippen molar-refractivity contribution in [3.63, 3.8) is 0 Å². The van der Waals surface area contributed by atoms with E-state index in [-0.39, 0.29) is 0 Å². The predicted octanol–water partition coefficient (Wildman–Crippen LogP) is 3.66. The Hall–Kier alpha value is -0.900. The summed E-state index contributed by atoms with van der Waals surface area (Å²) in [5.74, 6) is 0.992. The van der Waals surface area contributed by atoms with Crippen LogP contribution in [0.4, 0.5) is 0 Å². The molecule has 1 saturated heterocycles. The molecule has 1 fully saturated rings. The lowest BCUT2D eigenvalue weighted by atomic mass is 9.81. The molecule has 2 unspecified atom stereocenters. The summed E-state index contributed by atoms with van der Waals surface area (Å²) in [5, 5.41) is 4.35. The molecule has 0 saturated carbocycles. The number of rotatable bonds is 2. The van der Waals surface area contributed by atoms with Crippen LogP contribution in [-0.4, -0.2) is 18.1 Å². The summed E-state index contributed by atoms with van der Waals surface area (Å²) in [4.78, 5) is 5.59. The first-order valence-corrected chi connectivity index (χ1v) is 7.45. The molecule has 1 N–H and O–H groups in total. The first-order valence-electron chi connectivity index (χ1n) is 6.20. The van der Waals surface area contributed by atoms with Crippen molar-refractivity contribution in [2.45, 2.75) is 18.3 Å². The van der Waals surface area contributed by atoms with E-state index in [1.54, 1.807) is 11.3 Å². The zero-order chi connectivity index (χ0) is 12.4. The van der Waals surface area contributed by atoms with Crippen LogP contribution in [-0.2, 0) is 0 Å². The number of hydrogen-bond donors (Lipinski definition) is 1. The number of benzene rings is 1. The number of nitrogens with zero attached hydrogens (tertiary/aromatic N) is 1. The van der Waals surface area contributed by atoms with E-state index in [1.807, 2.05) is 23.8 Å². The highest BCUT2D eigenvalue weighted by molar-refractivity contribution is 7.09. The number of nitrogens with one attached hydrogen (secondary N) is 1. The molecule has 2 heterocycles. The van der Waals surface area contributed by atoms with Gasteiger partial charge in [-0.15, -0.1) is 11.3 Å². The second-order valence-electron chi connectivity index (χ2n) is 4.63. The molecule has 0 aliphatic carbocycles. The fourth-order valence-corrected chi connectivity index (χ4v) is 3.81. The van der Waals surface area contributed by atoms with Crippen LogP contribution in [0.3, 0.4) is 0 Å². The van der Waals surface area contributed by atoms with E-state index in [2.05, 4.69) is 22.4 Å². The Labute approximate surface area is 116 Å². The summed E-state index contributed by atoms with van der Waals surface area (Å²) < 4.78 is 0. The van der Waals surface area contributed by atoms with Gasteiger partial charge in [-0.1, -0.05) is 29.8 Å². The molecule has 0 radical (unpaired) electrons. The second kappa shape index (κ2) is 5.39. The van der Waals surface area contributed by atoms with Crippen LogP contribution in [0.15, 0.2) is 36.0 Å². The lowest BCUT2D eigenvalue weighted by molar-refractivity contribution is 0.408. The Balaban J connectivity index is 1.95. The fraction of sp³-hybridized carbons (Fsp3) is 0.357. The Kier molecular flexibility index (Phi) is 3.64. The average Bonchev–Trinajstić information content (AvgIpc) is 2.93. The van der Waals surface area contributed by atoms with Crippen molar-refractivity contribution in [3.8, 4) is 0 Å². The lowest BCUT2D eigenvalue weighted by Crippen LogP contribution is -2.33. The molecule has 0 amide bonds. The highest BCUT2D eigenvalue weighted by atomic mass is 35.5. The van der Waals surface area contributed by atoms with Gasteiger partial charge in [-0.2, -0.15) is 0 Å². The third-order valence-electron chi connectivity index (χ3n) is 3.60. The molecular weight excluding hydrogens is 264 g/mol. The average molecular weight is 279 g/mol. The third kappa shape index (κ3) is 2.30. The van der Waals surface area contributed by atoms with Crippen LogP contribution in [0.1, 0.15) is 28.7 Å². The van der Waals surface area contributed by atoms with Gasteiger partial charge in [0, 0.05) is 34.5 Å². The van der Waals surface area contributed by atoms with Gasteiger partial charge in [-0.3, -0.25) is 4.98 Å². The molecule has 18 heavy (non-hydrogen) atoms. The van der Waals surface area contributed by atoms with Gasteiger partial charge in [0.05, 0.1) is 5.51 Å². The highest BCUT2D eigenvalue weighted by Gasteiger charge is 2.29. The maximum Gasteiger partial charge on any atom is 0.0794 e. The van der Waals surface area contributed by atoms with Crippen LogP contribution in [0.5, 0.6) is 0 Å². The standard InChI is InChI=1S/C14H15ClN2S/c15-13-4-2-1-3-10(13)12-7-16-6-5-11(12)14-8-17-9-18-14/h1-4,8-9,11-12,16H,5-7H2. The van der Waals surface area contributed by atoms with Crippen molar-refractivity contribution in [3.05, 3.63) is 51.4 Å². The predicted molar refractivity (Wildman–Crippen MR) is 76.5 cm³/mol. The van der Waals surface area contributed by atoms with Gasteiger partial charge in [-0.05, 0) is 24.6 Å². The minimum absolute atomic E-state index is 0.452. The molecule has 1 aromatic heterocycles. The molecule has 2 atom stereocenters. The summed E-state index contributed by atoms with van der Waals surface area (Å²) in [6.07, 6.45) is 3.16. The topological polar surface area (TPSA) is 24.9 Å². The fourth-order valence-electron chi connectivity index (χ4n) is 2.71. The zero-order valence-electron chi connectivity index (χ0n) is 9.97. The molecule has 1 aliphatic heterocycles. The molecular formula is C14H15ClN2S. The van der Waals surface area contributed by atoms with E-state index in [1.165, 1.54) is 10.4 Å². The molecule has 3 rings (SSSR count). The smallest absolute Gasteiger partial charge is 0.0794 e. The van der Waals surface area contributed by atoms with Crippen molar-refractivity contribution < 1.29 is 0 Å². The Morgan fingerprint density at radius 3 is 2.94 bits per heavy atom. The van der Waals surface area contributed by atoms with Gasteiger partial charge in [0.15, 0.2) is 0 Å². The minimum Gasteiger partial charge on any atom is -0.316 e. The van der Waals surface area contributed by atoms with Gasteiger partial charge < -0.3 is 5.32 Å². The SMILES string of the molecule is Clc1ccccc1C1CNCCC1c1cncs1. The van der Waals surface area contributed by atoms with Crippen LogP contribution >= 0.6 is 22.9 Å². The maximum absolute atomic E-state index is 6.34. The zero-order valence-corrected chi connectivity index (χ0v) is 11.5. The normalized spacial score (nSPS) is 24.1. The Bertz CT molecular complexity index is 512. The summed E-state index contributed by atoms with van der Waals surface area (Å²) in [6.45, 7) is 2.07. The number of halogens is 1. The number of thiazole rings is 1. The van der Waals surface area contributed by atoms with Gasteiger partial charge in [0.1, 0.15) is 0 Å². The van der Waals surface area contributed by atoms with E-state index in [0.29, 0.717) is 11.8 Å². The number of aromatic nitrogens is 1. The lowest BCUT2D eigenvalue weighted by Gasteiger charge is -2.32. The summed E-state index contributed by atoms with van der Waals surface area (Å²) >= 11 is 8.10. The molecule has 4 heteroatoms. The maximum atomic E-state index is 6.34. The van der Waals surface area contributed by atoms with Crippen LogP contribution < -0.4 is 5.32 Å². The molecule has 1 aromatic carbocycles. The van der Waals surface area contributed by atoms with Crippen LogP contribution in [0, 0.1) is 0 Å². The van der Waals surface area contributed by atoms with Gasteiger partial charge >= 0.3 is 0 Å². The van der Waals surface area contributed by atoms with Crippen molar-refractivity contribution in [1.29, 1.82) is 0 Å². The summed E-state index contributed by atoms with van der Waals surface area (Å²) in [5.41, 5.74) is 3.17. The van der Waals surface area contributed by atoms with E-state index >= 15 is 0 Å². The van der Waals surface area contributed by atoms with Crippen molar-refractivity contribution in [1.82, 2.24) is 10.3 Å². The highest BCUT2D eigenvalue weighted by Crippen LogP contribution is 2.40. The first kappa shape index (κ1) is 12.2. The van der Waals surface area contributed by atoms with E-state index in [4.69, 9.17) is 11.6 Å². The quantitative estimate of drug-likeness (QED) is 0.907. The van der Waals surface area contributed by atoms with Gasteiger partial charge in [0.2, 0.25) is 0 Å². The Morgan fingerprint density at radius 2 is 2.17 bits per heavy atom. The molecule has 2 nitrogen and oxygen atoms in total. The monoisotopic (exact) mass is 278 g/mol. The molecule has 1 aliphatic rings. The first-order chi connectivity index (χ1) is 8.86. The van der Waals surface area contributed by atoms with Gasteiger partial charge in [-0.25, -0.2) is 0 Å². The molecule has 0 bridgehead atoms. The van der Waals surface area contributed by atoms with Gasteiger partial charge in [0.25, 0.3) is 0 Å². The van der Waals surface area contributed by atoms with E-state index in [0.717, 1.165) is 24.5 Å². The Morgan fingerprint density at radius 1 is 1.28 bits per heavy atom. The van der Waals surface area contributed by atoms with Crippen molar-refractivity contribution in [2.24, 2.45) is 0 Å². The number of hydrogen-bond acceptors (Lipinski definition) is 3. The largest absolute Gasteiger partial charge is 0.316 e. The van der Waals surface area contributed by atoms with E-state index in [9.17, 15) is 0 Å². The minimum atomic E-state index is 0.452. The third-order valence-corrected chi connectivity index (χ3v) is 4.86. The molecule has 94 valence electrons. The van der Waals surface area contributed by atoms with Crippen molar-refractivity contribution >= 4 is 22.9 Å². The van der Waals surface area contributed by atoms with E-state index < -0.39 is 0 Å². The van der Waals surface area contributed by atoms with Crippen LogP contribution in [0.2, 0.25) is 5.02 Å². The van der Waals surface area contributed by atoms with Crippen LogP contribution in [0.25, 0.3) is 0 Å². The second-order valence-corrected chi connectivity index (χ2v) is 5.96. The van der Waals surface area contributed by atoms with Crippen molar-refractivity contribution in [2.75, 3.05) is 13.1 Å². The molecule has 2 aromatic rings. The summed E-state index contributed by atoms with van der Waals surface area (Å²) in [7, 11) is 0. The molecule has 0 spiro atoms.